The molecule has 0 bridgehead atoms. The van der Waals surface area contributed by atoms with E-state index in [1.165, 1.54) is 9.75 Å². The predicted octanol–water partition coefficient (Wildman–Crippen LogP) is 10.9. The van der Waals surface area contributed by atoms with Gasteiger partial charge in [0, 0.05) is 32.0 Å². The predicted molar refractivity (Wildman–Crippen MR) is 185 cm³/mol. The number of aromatic nitrogens is 4. The molecule has 0 aliphatic rings. The van der Waals surface area contributed by atoms with Gasteiger partial charge in [0.2, 0.25) is 0 Å². The number of H-pyrrole nitrogens is 2. The molecule has 0 aliphatic heterocycles. The quantitative estimate of drug-likeness (QED) is 0.191. The largest absolute Gasteiger partial charge is 0.337 e. The van der Waals surface area contributed by atoms with Gasteiger partial charge >= 0.3 is 0 Å². The molecule has 0 aliphatic carbocycles. The van der Waals surface area contributed by atoms with Crippen molar-refractivity contribution in [3.8, 4) is 76.2 Å². The number of thiophene rings is 2. The molecule has 44 heavy (non-hydrogen) atoms. The molecule has 4 nitrogen and oxygen atoms in total. The van der Waals surface area contributed by atoms with Gasteiger partial charge in [0.05, 0.1) is 32.5 Å². The van der Waals surface area contributed by atoms with Gasteiger partial charge in [-0.1, -0.05) is 121 Å². The standard InChI is InChI=1S/C38H26N4S2/c1-5-13-25(14-6-1)33-34(26-15-7-2-8-16-26)40-37(39-33)31-23-21-29(43-31)30-22-24-32(44-30)38-41-35(27-17-9-3-10-18-27)36(42-38)28-19-11-4-12-20-28/h1-24H,(H,39,40)(H,41,42). The fourth-order valence-corrected chi connectivity index (χ4v) is 7.40. The summed E-state index contributed by atoms with van der Waals surface area (Å²) in [6.07, 6.45) is 0. The highest BCUT2D eigenvalue weighted by molar-refractivity contribution is 7.25. The SMILES string of the molecule is c1ccc(-c2nc(-c3ccc(-c4ccc(-c5nc(-c6ccccc6)c(-c6ccccc6)[nH]5)s4)s3)[nH]c2-c2ccccc2)cc1. The maximum Gasteiger partial charge on any atom is 0.148 e. The number of nitrogens with one attached hydrogen (secondary N) is 2. The summed E-state index contributed by atoms with van der Waals surface area (Å²) in [6, 6.07) is 50.3. The highest BCUT2D eigenvalue weighted by Crippen LogP contribution is 2.42. The van der Waals surface area contributed by atoms with Crippen molar-refractivity contribution in [1.82, 2.24) is 19.9 Å². The Morgan fingerprint density at radius 2 is 0.659 bits per heavy atom. The first kappa shape index (κ1) is 26.3. The van der Waals surface area contributed by atoms with E-state index in [2.05, 4.69) is 131 Å². The molecule has 4 aromatic heterocycles. The van der Waals surface area contributed by atoms with E-state index in [9.17, 15) is 0 Å². The molecular weight excluding hydrogens is 577 g/mol. The maximum atomic E-state index is 5.10. The fraction of sp³-hybridized carbons (Fsp3) is 0. The Morgan fingerprint density at radius 3 is 1.02 bits per heavy atom. The zero-order valence-corrected chi connectivity index (χ0v) is 25.2. The van der Waals surface area contributed by atoms with E-state index in [1.54, 1.807) is 22.7 Å². The molecule has 0 spiro atoms. The van der Waals surface area contributed by atoms with Crippen LogP contribution in [-0.2, 0) is 0 Å². The Bertz CT molecular complexity index is 1880. The lowest BCUT2D eigenvalue weighted by atomic mass is 10.1. The second-order valence-electron chi connectivity index (χ2n) is 10.4. The van der Waals surface area contributed by atoms with Crippen molar-refractivity contribution in [3.63, 3.8) is 0 Å². The molecule has 210 valence electrons. The molecule has 0 atom stereocenters. The summed E-state index contributed by atoms with van der Waals surface area (Å²) in [7, 11) is 0. The second-order valence-corrected chi connectivity index (χ2v) is 12.6. The molecule has 0 saturated carbocycles. The van der Waals surface area contributed by atoms with Crippen LogP contribution in [0, 0.1) is 0 Å². The number of aromatic amines is 2. The second kappa shape index (κ2) is 11.4. The summed E-state index contributed by atoms with van der Waals surface area (Å²) < 4.78 is 0. The van der Waals surface area contributed by atoms with Crippen LogP contribution in [0.25, 0.3) is 76.2 Å². The summed E-state index contributed by atoms with van der Waals surface area (Å²) in [5.41, 5.74) is 8.40. The van der Waals surface area contributed by atoms with Gasteiger partial charge in [-0.3, -0.25) is 0 Å². The Labute approximate surface area is 263 Å². The van der Waals surface area contributed by atoms with Crippen LogP contribution in [0.4, 0.5) is 0 Å². The van der Waals surface area contributed by atoms with E-state index in [1.807, 2.05) is 24.3 Å². The van der Waals surface area contributed by atoms with Gasteiger partial charge < -0.3 is 9.97 Å². The normalized spacial score (nSPS) is 11.2. The molecule has 0 amide bonds. The number of nitrogens with zero attached hydrogens (tertiary/aromatic N) is 2. The summed E-state index contributed by atoms with van der Waals surface area (Å²) in [5, 5.41) is 0. The van der Waals surface area contributed by atoms with Crippen molar-refractivity contribution in [2.24, 2.45) is 0 Å². The van der Waals surface area contributed by atoms with E-state index in [0.717, 1.165) is 66.4 Å². The van der Waals surface area contributed by atoms with E-state index >= 15 is 0 Å². The Balaban J connectivity index is 1.14. The van der Waals surface area contributed by atoms with Gasteiger partial charge in [-0.2, -0.15) is 0 Å². The lowest BCUT2D eigenvalue weighted by Crippen LogP contribution is -1.82. The molecule has 0 unspecified atom stereocenters. The summed E-state index contributed by atoms with van der Waals surface area (Å²) >= 11 is 3.50. The molecule has 0 radical (unpaired) electrons. The van der Waals surface area contributed by atoms with Crippen LogP contribution in [0.1, 0.15) is 0 Å². The van der Waals surface area contributed by atoms with E-state index in [4.69, 9.17) is 9.97 Å². The Kier molecular flexibility index (Phi) is 6.83. The third-order valence-corrected chi connectivity index (χ3v) is 9.93. The topological polar surface area (TPSA) is 57.4 Å². The van der Waals surface area contributed by atoms with Crippen molar-refractivity contribution in [1.29, 1.82) is 0 Å². The van der Waals surface area contributed by atoms with Crippen LogP contribution in [0.2, 0.25) is 0 Å². The molecule has 4 aromatic carbocycles. The molecule has 6 heteroatoms. The summed E-state index contributed by atoms with van der Waals surface area (Å²) in [5.74, 6) is 1.75. The number of hydrogen-bond donors (Lipinski definition) is 2. The summed E-state index contributed by atoms with van der Waals surface area (Å²) in [4.78, 5) is 22.1. The van der Waals surface area contributed by atoms with Crippen LogP contribution in [-0.4, -0.2) is 19.9 Å². The van der Waals surface area contributed by atoms with Crippen molar-refractivity contribution in [3.05, 3.63) is 146 Å². The van der Waals surface area contributed by atoms with Gasteiger partial charge in [-0.15, -0.1) is 22.7 Å². The van der Waals surface area contributed by atoms with Crippen molar-refractivity contribution < 1.29 is 0 Å². The van der Waals surface area contributed by atoms with Crippen molar-refractivity contribution in [2.75, 3.05) is 0 Å². The van der Waals surface area contributed by atoms with Crippen LogP contribution in [0.5, 0.6) is 0 Å². The smallest absolute Gasteiger partial charge is 0.148 e. The van der Waals surface area contributed by atoms with Gasteiger partial charge in [0.15, 0.2) is 0 Å². The minimum atomic E-state index is 0.877. The minimum Gasteiger partial charge on any atom is -0.337 e. The van der Waals surface area contributed by atoms with Crippen LogP contribution >= 0.6 is 22.7 Å². The van der Waals surface area contributed by atoms with E-state index in [-0.39, 0.29) is 0 Å². The number of rotatable bonds is 7. The zero-order chi connectivity index (χ0) is 29.3. The van der Waals surface area contributed by atoms with E-state index in [0.29, 0.717) is 0 Å². The molecule has 2 N–H and O–H groups in total. The first-order valence-electron chi connectivity index (χ1n) is 14.4. The number of hydrogen-bond acceptors (Lipinski definition) is 4. The third kappa shape index (κ3) is 5.00. The van der Waals surface area contributed by atoms with Crippen molar-refractivity contribution in [2.45, 2.75) is 0 Å². The Morgan fingerprint density at radius 1 is 0.341 bits per heavy atom. The zero-order valence-electron chi connectivity index (χ0n) is 23.6. The fourth-order valence-electron chi connectivity index (χ4n) is 5.41. The molecule has 8 aromatic rings. The average molecular weight is 603 g/mol. The molecule has 0 fully saturated rings. The minimum absolute atomic E-state index is 0.877. The number of benzene rings is 4. The number of imidazole rings is 2. The van der Waals surface area contributed by atoms with Crippen molar-refractivity contribution >= 4 is 22.7 Å². The van der Waals surface area contributed by atoms with Gasteiger partial charge in [0.25, 0.3) is 0 Å². The third-order valence-electron chi connectivity index (χ3n) is 7.55. The van der Waals surface area contributed by atoms with Crippen LogP contribution < -0.4 is 0 Å². The Hall–Kier alpha value is -5.30. The molecule has 0 saturated heterocycles. The lowest BCUT2D eigenvalue weighted by molar-refractivity contribution is 1.33. The van der Waals surface area contributed by atoms with Gasteiger partial charge in [-0.05, 0) is 24.3 Å². The molecular formula is C38H26N4S2. The van der Waals surface area contributed by atoms with Gasteiger partial charge in [0.1, 0.15) is 11.6 Å². The van der Waals surface area contributed by atoms with Gasteiger partial charge in [-0.25, -0.2) is 9.97 Å². The highest BCUT2D eigenvalue weighted by atomic mass is 32.1. The first-order chi connectivity index (χ1) is 21.8. The van der Waals surface area contributed by atoms with Crippen LogP contribution in [0.15, 0.2) is 146 Å². The van der Waals surface area contributed by atoms with Crippen LogP contribution in [0.3, 0.4) is 0 Å². The van der Waals surface area contributed by atoms with E-state index < -0.39 is 0 Å². The average Bonchev–Trinajstić information content (AvgIpc) is 3.92. The summed E-state index contributed by atoms with van der Waals surface area (Å²) in [6.45, 7) is 0. The first-order valence-corrected chi connectivity index (χ1v) is 16.1. The monoisotopic (exact) mass is 602 g/mol. The highest BCUT2D eigenvalue weighted by Gasteiger charge is 2.19. The maximum absolute atomic E-state index is 5.10. The molecule has 8 rings (SSSR count). The lowest BCUT2D eigenvalue weighted by Gasteiger charge is -2.02. The molecule has 4 heterocycles.